The molecule has 0 saturated carbocycles. The maximum Gasteiger partial charge on any atom is 0.387 e. The molecule has 0 amide bonds. The molecule has 0 N–H and O–H groups in total. The molecule has 6 heteroatoms. The number of esters is 1. The summed E-state index contributed by atoms with van der Waals surface area (Å²) < 4.78 is 32.8. The highest BCUT2D eigenvalue weighted by Crippen LogP contribution is 2.18. The number of Topliss-reactive ketones (excluding diaryl/α,β-unsaturated/α-hetero) is 1. The van der Waals surface area contributed by atoms with Crippen molar-refractivity contribution in [1.82, 2.24) is 0 Å². The van der Waals surface area contributed by atoms with Gasteiger partial charge in [0, 0.05) is 0 Å². The van der Waals surface area contributed by atoms with Crippen molar-refractivity contribution in [2.45, 2.75) is 13.5 Å². The van der Waals surface area contributed by atoms with Gasteiger partial charge in [0.1, 0.15) is 11.3 Å². The number of ether oxygens (including phenoxy) is 2. The summed E-state index contributed by atoms with van der Waals surface area (Å²) in [6.45, 7) is -1.73. The molecule has 1 aromatic carbocycles. The normalized spacial score (nSPS) is 11.3. The molecule has 19 heavy (non-hydrogen) atoms. The summed E-state index contributed by atoms with van der Waals surface area (Å²) in [5, 5.41) is 0. The second-order valence-electron chi connectivity index (χ2n) is 3.56. The maximum atomic E-state index is 12.1. The number of methoxy groups -OCH3 is 1. The summed E-state index contributed by atoms with van der Waals surface area (Å²) in [4.78, 5) is 22.6. The number of alkyl halides is 2. The van der Waals surface area contributed by atoms with Crippen LogP contribution < -0.4 is 4.74 Å². The fourth-order valence-corrected chi connectivity index (χ4v) is 1.36. The van der Waals surface area contributed by atoms with Crippen LogP contribution >= 0.6 is 0 Å². The average molecular weight is 270 g/mol. The Morgan fingerprint density at radius 1 is 1.32 bits per heavy atom. The van der Waals surface area contributed by atoms with Gasteiger partial charge < -0.3 is 9.47 Å². The number of rotatable bonds is 5. The molecular formula is C13H12F2O4. The van der Waals surface area contributed by atoms with Gasteiger partial charge in [0.25, 0.3) is 0 Å². The van der Waals surface area contributed by atoms with Gasteiger partial charge in [-0.1, -0.05) is 12.1 Å². The fraction of sp³-hybridized carbons (Fsp3) is 0.231. The largest absolute Gasteiger partial charge is 0.465 e. The van der Waals surface area contributed by atoms with Crippen LogP contribution in [0.1, 0.15) is 12.5 Å². The zero-order valence-corrected chi connectivity index (χ0v) is 10.4. The second kappa shape index (κ2) is 6.63. The van der Waals surface area contributed by atoms with Crippen LogP contribution in [0.3, 0.4) is 0 Å². The van der Waals surface area contributed by atoms with Gasteiger partial charge in [0.05, 0.1) is 7.11 Å². The van der Waals surface area contributed by atoms with Gasteiger partial charge in [0.2, 0.25) is 0 Å². The van der Waals surface area contributed by atoms with E-state index in [2.05, 4.69) is 9.47 Å². The van der Waals surface area contributed by atoms with Crippen LogP contribution in [-0.2, 0) is 14.3 Å². The summed E-state index contributed by atoms with van der Waals surface area (Å²) in [6.07, 6.45) is 1.26. The van der Waals surface area contributed by atoms with Crippen LogP contribution in [0, 0.1) is 0 Å². The lowest BCUT2D eigenvalue weighted by atomic mass is 10.1. The standard InChI is InChI=1S/C13H12F2O4/c1-8(16)11(12(17)18-2)7-9-4-3-5-10(6-9)19-13(14)15/h3-7,13H,1-2H3. The van der Waals surface area contributed by atoms with Crippen molar-refractivity contribution in [2.75, 3.05) is 7.11 Å². The van der Waals surface area contributed by atoms with Gasteiger partial charge >= 0.3 is 12.6 Å². The van der Waals surface area contributed by atoms with Crippen LogP contribution in [0.5, 0.6) is 5.75 Å². The van der Waals surface area contributed by atoms with Crippen LogP contribution in [0.2, 0.25) is 0 Å². The number of hydrogen-bond donors (Lipinski definition) is 0. The Morgan fingerprint density at radius 2 is 2.00 bits per heavy atom. The highest BCUT2D eigenvalue weighted by Gasteiger charge is 2.14. The number of ketones is 1. The first kappa shape index (κ1) is 14.8. The molecule has 0 fully saturated rings. The SMILES string of the molecule is COC(=O)C(=Cc1cccc(OC(F)F)c1)C(C)=O. The number of carbonyl (C=O) groups excluding carboxylic acids is 2. The summed E-state index contributed by atoms with van der Waals surface area (Å²) in [5.41, 5.74) is 0.213. The molecule has 0 aliphatic carbocycles. The van der Waals surface area contributed by atoms with Crippen LogP contribution in [0.4, 0.5) is 8.78 Å². The molecule has 0 aliphatic heterocycles. The van der Waals surface area contributed by atoms with Crippen molar-refractivity contribution < 1.29 is 27.8 Å². The first-order chi connectivity index (χ1) is 8.93. The van der Waals surface area contributed by atoms with Gasteiger partial charge in [0.15, 0.2) is 5.78 Å². The topological polar surface area (TPSA) is 52.6 Å². The average Bonchev–Trinajstić information content (AvgIpc) is 2.34. The quantitative estimate of drug-likeness (QED) is 0.357. The van der Waals surface area contributed by atoms with E-state index in [-0.39, 0.29) is 11.3 Å². The van der Waals surface area contributed by atoms with E-state index in [9.17, 15) is 18.4 Å². The minimum absolute atomic E-state index is 0.0588. The van der Waals surface area contributed by atoms with E-state index in [1.165, 1.54) is 31.2 Å². The molecule has 0 spiro atoms. The van der Waals surface area contributed by atoms with Gasteiger partial charge in [-0.2, -0.15) is 8.78 Å². The molecule has 102 valence electrons. The molecule has 1 aromatic rings. The minimum atomic E-state index is -2.94. The van der Waals surface area contributed by atoms with Crippen molar-refractivity contribution >= 4 is 17.8 Å². The Hall–Kier alpha value is -2.24. The molecule has 0 radical (unpaired) electrons. The van der Waals surface area contributed by atoms with Crippen molar-refractivity contribution in [2.24, 2.45) is 0 Å². The van der Waals surface area contributed by atoms with Crippen molar-refractivity contribution in [3.05, 3.63) is 35.4 Å². The lowest BCUT2D eigenvalue weighted by molar-refractivity contribution is -0.137. The zero-order valence-electron chi connectivity index (χ0n) is 10.4. The number of benzene rings is 1. The second-order valence-corrected chi connectivity index (χ2v) is 3.56. The summed E-state index contributed by atoms with van der Waals surface area (Å²) in [6, 6.07) is 5.65. The Labute approximate surface area is 108 Å². The summed E-state index contributed by atoms with van der Waals surface area (Å²) in [5.74, 6) is -1.32. The molecule has 0 atom stereocenters. The summed E-state index contributed by atoms with van der Waals surface area (Å²) in [7, 11) is 1.15. The van der Waals surface area contributed by atoms with E-state index in [1.54, 1.807) is 6.07 Å². The van der Waals surface area contributed by atoms with E-state index >= 15 is 0 Å². The first-order valence-electron chi connectivity index (χ1n) is 5.30. The van der Waals surface area contributed by atoms with Gasteiger partial charge in [-0.25, -0.2) is 4.79 Å². The predicted molar refractivity (Wildman–Crippen MR) is 63.7 cm³/mol. The molecule has 0 unspecified atom stereocenters. The molecule has 0 bridgehead atoms. The van der Waals surface area contributed by atoms with Crippen LogP contribution in [0.25, 0.3) is 6.08 Å². The van der Waals surface area contributed by atoms with Gasteiger partial charge in [-0.3, -0.25) is 4.79 Å². The molecule has 0 aliphatic rings. The smallest absolute Gasteiger partial charge is 0.387 e. The van der Waals surface area contributed by atoms with Crippen molar-refractivity contribution in [3.8, 4) is 5.75 Å². The number of carbonyl (C=O) groups is 2. The van der Waals surface area contributed by atoms with E-state index < -0.39 is 18.4 Å². The minimum Gasteiger partial charge on any atom is -0.465 e. The third kappa shape index (κ3) is 4.50. The monoisotopic (exact) mass is 270 g/mol. The highest BCUT2D eigenvalue weighted by atomic mass is 19.3. The molecular weight excluding hydrogens is 258 g/mol. The Morgan fingerprint density at radius 3 is 2.53 bits per heavy atom. The van der Waals surface area contributed by atoms with Crippen molar-refractivity contribution in [3.63, 3.8) is 0 Å². The molecule has 1 rings (SSSR count). The number of halogens is 2. The van der Waals surface area contributed by atoms with E-state index in [0.717, 1.165) is 7.11 Å². The summed E-state index contributed by atoms with van der Waals surface area (Å²) >= 11 is 0. The number of hydrogen-bond acceptors (Lipinski definition) is 4. The predicted octanol–water partition coefficient (Wildman–Crippen LogP) is 2.43. The molecule has 0 aromatic heterocycles. The Kier molecular flexibility index (Phi) is 5.17. The third-order valence-electron chi connectivity index (χ3n) is 2.18. The fourth-order valence-electron chi connectivity index (χ4n) is 1.36. The lowest BCUT2D eigenvalue weighted by Gasteiger charge is -2.05. The van der Waals surface area contributed by atoms with Gasteiger partial charge in [-0.15, -0.1) is 0 Å². The van der Waals surface area contributed by atoms with E-state index in [4.69, 9.17) is 0 Å². The zero-order chi connectivity index (χ0) is 14.4. The molecule has 0 heterocycles. The van der Waals surface area contributed by atoms with E-state index in [0.29, 0.717) is 5.56 Å². The maximum absolute atomic E-state index is 12.1. The Balaban J connectivity index is 3.07. The third-order valence-corrected chi connectivity index (χ3v) is 2.18. The van der Waals surface area contributed by atoms with Gasteiger partial charge in [-0.05, 0) is 30.7 Å². The van der Waals surface area contributed by atoms with E-state index in [1.807, 2.05) is 0 Å². The molecule has 0 saturated heterocycles. The highest BCUT2D eigenvalue weighted by molar-refractivity contribution is 6.19. The Bertz CT molecular complexity index is 509. The first-order valence-corrected chi connectivity index (χ1v) is 5.30. The lowest BCUT2D eigenvalue weighted by Crippen LogP contribution is -2.11. The van der Waals surface area contributed by atoms with Crippen LogP contribution in [-0.4, -0.2) is 25.5 Å². The molecule has 4 nitrogen and oxygen atoms in total. The van der Waals surface area contributed by atoms with Crippen molar-refractivity contribution in [1.29, 1.82) is 0 Å². The van der Waals surface area contributed by atoms with Crippen LogP contribution in [0.15, 0.2) is 29.8 Å².